The van der Waals surface area contributed by atoms with Crippen LogP contribution in [0.4, 0.5) is 9.59 Å². The molecule has 6 N–H and O–H groups in total. The number of primary amides is 2. The van der Waals surface area contributed by atoms with Gasteiger partial charge in [-0.15, -0.1) is 0 Å². The highest BCUT2D eigenvalue weighted by molar-refractivity contribution is 5.87. The van der Waals surface area contributed by atoms with Crippen LogP contribution in [0.1, 0.15) is 88.2 Å². The van der Waals surface area contributed by atoms with Crippen molar-refractivity contribution in [2.24, 2.45) is 11.5 Å². The number of unbranched alkanes of at least 4 members (excludes halogenated alkanes) is 11. The Morgan fingerprint density at radius 3 is 1.09 bits per heavy atom. The number of amides is 2. The molecule has 44 heavy (non-hydrogen) atoms. The third-order valence-electron chi connectivity index (χ3n) is 7.42. The molecule has 2 amide bonds. The first-order chi connectivity index (χ1) is 21.3. The summed E-state index contributed by atoms with van der Waals surface area (Å²) in [5.74, 6) is -1.29. The lowest BCUT2D eigenvalue weighted by Crippen LogP contribution is -2.42. The van der Waals surface area contributed by atoms with Crippen LogP contribution in [0, 0.1) is 0 Å². The summed E-state index contributed by atoms with van der Waals surface area (Å²) in [7, 11) is 0. The smallest absolute Gasteiger partial charge is 0.375 e. The zero-order valence-electron chi connectivity index (χ0n) is 25.8. The quantitative estimate of drug-likeness (QED) is 0.0747. The average Bonchev–Trinajstić information content (AvgIpc) is 3.00. The van der Waals surface area contributed by atoms with Gasteiger partial charge in [0.15, 0.2) is 0 Å². The highest BCUT2D eigenvalue weighted by Gasteiger charge is 2.22. The van der Waals surface area contributed by atoms with Crippen LogP contribution < -0.4 is 22.1 Å². The summed E-state index contributed by atoms with van der Waals surface area (Å²) in [5, 5.41) is 6.44. The lowest BCUT2D eigenvalue weighted by atomic mass is 10.0. The maximum absolute atomic E-state index is 12.3. The van der Waals surface area contributed by atoms with Gasteiger partial charge in [0.25, 0.3) is 0 Å². The van der Waals surface area contributed by atoms with E-state index in [1.54, 1.807) is 0 Å². The number of nitrogens with one attached hydrogen (secondary N) is 2. The molecule has 0 aliphatic rings. The van der Waals surface area contributed by atoms with Crippen LogP contribution in [0.2, 0.25) is 0 Å². The van der Waals surface area contributed by atoms with Crippen molar-refractivity contribution >= 4 is 24.1 Å². The molecule has 242 valence electrons. The van der Waals surface area contributed by atoms with E-state index in [2.05, 4.69) is 20.1 Å². The molecule has 0 spiro atoms. The zero-order chi connectivity index (χ0) is 31.8. The molecule has 0 aromatic heterocycles. The first-order valence-electron chi connectivity index (χ1n) is 15.9. The van der Waals surface area contributed by atoms with Crippen LogP contribution in [-0.2, 0) is 31.9 Å². The van der Waals surface area contributed by atoms with Crippen molar-refractivity contribution in [2.75, 3.05) is 13.1 Å². The van der Waals surface area contributed by atoms with Crippen molar-refractivity contribution in [3.05, 3.63) is 71.8 Å². The standard InChI is InChI=1S/C34H50N4O6/c35-33(41)43-31(39)29(25-27-19-13-11-14-20-27)37-23-17-9-7-5-3-1-2-4-6-8-10-18-24-38-30(32(40)44-34(36)42)26-28-21-15-12-16-22-28/h11-16,19-22,29-30,37-38H,1-10,17-18,23-26H2,(H2,35,41)(H2,36,42). The van der Waals surface area contributed by atoms with Gasteiger partial charge in [0.2, 0.25) is 0 Å². The van der Waals surface area contributed by atoms with Gasteiger partial charge in [-0.25, -0.2) is 19.2 Å². The number of ether oxygens (including phenoxy) is 2. The summed E-state index contributed by atoms with van der Waals surface area (Å²) < 4.78 is 9.22. The molecule has 2 atom stereocenters. The molecule has 0 saturated carbocycles. The molecular formula is C34H50N4O6. The third-order valence-corrected chi connectivity index (χ3v) is 7.42. The second-order valence-corrected chi connectivity index (χ2v) is 11.1. The van der Waals surface area contributed by atoms with E-state index >= 15 is 0 Å². The maximum Gasteiger partial charge on any atom is 0.412 e. The predicted molar refractivity (Wildman–Crippen MR) is 171 cm³/mol. The van der Waals surface area contributed by atoms with E-state index in [9.17, 15) is 19.2 Å². The van der Waals surface area contributed by atoms with Crippen LogP contribution in [0.3, 0.4) is 0 Å². The van der Waals surface area contributed by atoms with Crippen LogP contribution in [0.5, 0.6) is 0 Å². The summed E-state index contributed by atoms with van der Waals surface area (Å²) in [4.78, 5) is 46.5. The fourth-order valence-corrected chi connectivity index (χ4v) is 5.09. The SMILES string of the molecule is NC(=O)OC(=O)C(Cc1ccccc1)NCCCCCCCCCCCCCCNC(Cc1ccccc1)C(=O)OC(N)=O. The molecule has 10 nitrogen and oxygen atoms in total. The number of carbonyl (C=O) groups is 4. The van der Waals surface area contributed by atoms with Gasteiger partial charge >= 0.3 is 24.1 Å². The Balaban J connectivity index is 1.46. The molecule has 0 heterocycles. The van der Waals surface area contributed by atoms with Gasteiger partial charge in [-0.3, -0.25) is 0 Å². The molecule has 2 aromatic carbocycles. The third kappa shape index (κ3) is 17.4. The second kappa shape index (κ2) is 22.7. The molecule has 0 aliphatic carbocycles. The fraction of sp³-hybridized carbons (Fsp3) is 0.529. The van der Waals surface area contributed by atoms with E-state index in [4.69, 9.17) is 11.5 Å². The molecule has 2 rings (SSSR count). The van der Waals surface area contributed by atoms with Gasteiger partial charge in [0.1, 0.15) is 12.1 Å². The Morgan fingerprint density at radius 1 is 0.500 bits per heavy atom. The van der Waals surface area contributed by atoms with Gasteiger partial charge in [-0.2, -0.15) is 0 Å². The monoisotopic (exact) mass is 610 g/mol. The zero-order valence-corrected chi connectivity index (χ0v) is 25.8. The summed E-state index contributed by atoms with van der Waals surface area (Å²) in [6.07, 6.45) is 12.4. The van der Waals surface area contributed by atoms with Crippen LogP contribution >= 0.6 is 0 Å². The first-order valence-corrected chi connectivity index (χ1v) is 15.9. The van der Waals surface area contributed by atoms with E-state index < -0.39 is 36.2 Å². The number of benzene rings is 2. The first kappa shape index (κ1) is 36.4. The van der Waals surface area contributed by atoms with E-state index in [0.29, 0.717) is 25.9 Å². The van der Waals surface area contributed by atoms with E-state index in [0.717, 1.165) is 49.7 Å². The van der Waals surface area contributed by atoms with E-state index in [-0.39, 0.29) is 0 Å². The Morgan fingerprint density at radius 2 is 0.795 bits per heavy atom. The molecule has 2 unspecified atom stereocenters. The molecule has 10 heteroatoms. The summed E-state index contributed by atoms with van der Waals surface area (Å²) in [5.41, 5.74) is 12.0. The Hall–Kier alpha value is -3.76. The minimum absolute atomic E-state index is 0.438. The van der Waals surface area contributed by atoms with Gasteiger partial charge < -0.3 is 31.6 Å². The number of hydrogen-bond acceptors (Lipinski definition) is 8. The van der Waals surface area contributed by atoms with Gasteiger partial charge in [0, 0.05) is 0 Å². The Bertz CT molecular complexity index is 1010. The predicted octanol–water partition coefficient (Wildman–Crippen LogP) is 5.31. The minimum atomic E-state index is -1.08. The molecule has 0 fully saturated rings. The van der Waals surface area contributed by atoms with Crippen LogP contribution in [0.25, 0.3) is 0 Å². The summed E-state index contributed by atoms with van der Waals surface area (Å²) in [6, 6.07) is 18.0. The number of carbonyl (C=O) groups excluding carboxylic acids is 4. The van der Waals surface area contributed by atoms with Crippen molar-refractivity contribution in [1.82, 2.24) is 10.6 Å². The number of hydrogen-bond donors (Lipinski definition) is 4. The van der Waals surface area contributed by atoms with E-state index in [1.165, 1.54) is 38.5 Å². The number of rotatable bonds is 23. The molecule has 2 aromatic rings. The largest absolute Gasteiger partial charge is 0.412 e. The molecule has 0 aliphatic heterocycles. The van der Waals surface area contributed by atoms with Gasteiger partial charge in [-0.05, 0) is 49.9 Å². The Labute approximate surface area is 261 Å². The van der Waals surface area contributed by atoms with Crippen molar-refractivity contribution in [2.45, 2.75) is 102 Å². The molecular weight excluding hydrogens is 560 g/mol. The average molecular weight is 611 g/mol. The second-order valence-electron chi connectivity index (χ2n) is 11.1. The van der Waals surface area contributed by atoms with E-state index in [1.807, 2.05) is 60.7 Å². The Kier molecular flexibility index (Phi) is 18.8. The summed E-state index contributed by atoms with van der Waals surface area (Å²) >= 11 is 0. The highest BCUT2D eigenvalue weighted by atomic mass is 16.6. The van der Waals surface area contributed by atoms with Gasteiger partial charge in [0.05, 0.1) is 0 Å². The van der Waals surface area contributed by atoms with Crippen molar-refractivity contribution < 1.29 is 28.7 Å². The maximum atomic E-state index is 12.3. The van der Waals surface area contributed by atoms with Crippen molar-refractivity contribution in [3.8, 4) is 0 Å². The number of nitrogens with two attached hydrogens (primary N) is 2. The summed E-state index contributed by atoms with van der Waals surface area (Å²) in [6.45, 7) is 1.35. The number of esters is 2. The molecule has 0 bridgehead atoms. The molecule has 0 radical (unpaired) electrons. The lowest BCUT2D eigenvalue weighted by molar-refractivity contribution is -0.140. The fourth-order valence-electron chi connectivity index (χ4n) is 5.09. The normalized spacial score (nSPS) is 12.3. The minimum Gasteiger partial charge on any atom is -0.375 e. The van der Waals surface area contributed by atoms with Crippen molar-refractivity contribution in [3.63, 3.8) is 0 Å². The molecule has 0 saturated heterocycles. The van der Waals surface area contributed by atoms with Crippen molar-refractivity contribution in [1.29, 1.82) is 0 Å². The topological polar surface area (TPSA) is 163 Å². The van der Waals surface area contributed by atoms with Crippen LogP contribution in [-0.4, -0.2) is 49.3 Å². The highest BCUT2D eigenvalue weighted by Crippen LogP contribution is 2.13. The van der Waals surface area contributed by atoms with Crippen LogP contribution in [0.15, 0.2) is 60.7 Å². The van der Waals surface area contributed by atoms with Gasteiger partial charge in [-0.1, -0.05) is 125 Å². The lowest BCUT2D eigenvalue weighted by Gasteiger charge is -2.16.